The molecule has 3 heterocycles. The quantitative estimate of drug-likeness (QED) is 0.267. The summed E-state index contributed by atoms with van der Waals surface area (Å²) in [6.45, 7) is 0.855. The molecule has 176 valence electrons. The monoisotopic (exact) mass is 490 g/mol. The Balaban J connectivity index is 1.39. The standard InChI is InChI=1S/C27H19ClO7/c1-30-23-4-2-3-15-9-24(35-27(15)23)21-11-25(29)34-22-6-5-19(10-20(21)22)32-13-17-8-18(28)7-16-12-31-14-33-26(16)17/h2-11H,12-14H2,1H3. The van der Waals surface area contributed by atoms with Crippen LogP contribution in [0, 0.1) is 0 Å². The maximum absolute atomic E-state index is 12.3. The maximum Gasteiger partial charge on any atom is 0.336 e. The lowest BCUT2D eigenvalue weighted by atomic mass is 10.1. The predicted molar refractivity (Wildman–Crippen MR) is 130 cm³/mol. The molecule has 8 heteroatoms. The van der Waals surface area contributed by atoms with Crippen molar-refractivity contribution in [3.05, 3.63) is 87.2 Å². The van der Waals surface area contributed by atoms with Crippen LogP contribution in [0.25, 0.3) is 33.3 Å². The minimum atomic E-state index is -0.474. The van der Waals surface area contributed by atoms with Crippen LogP contribution in [-0.4, -0.2) is 13.9 Å². The molecular formula is C27H19ClO7. The summed E-state index contributed by atoms with van der Waals surface area (Å²) in [6, 6.07) is 17.8. The number of hydrogen-bond donors (Lipinski definition) is 0. The number of fused-ring (bicyclic) bond motifs is 3. The van der Waals surface area contributed by atoms with Crippen LogP contribution in [0.1, 0.15) is 11.1 Å². The Labute approximate surface area is 204 Å². The average Bonchev–Trinajstić information content (AvgIpc) is 3.31. The van der Waals surface area contributed by atoms with Gasteiger partial charge in [-0.25, -0.2) is 4.79 Å². The van der Waals surface area contributed by atoms with E-state index in [9.17, 15) is 4.79 Å². The zero-order valence-corrected chi connectivity index (χ0v) is 19.4. The van der Waals surface area contributed by atoms with Gasteiger partial charge in [0.2, 0.25) is 0 Å². The Morgan fingerprint density at radius 3 is 2.83 bits per heavy atom. The third kappa shape index (κ3) is 3.99. The number of methoxy groups -OCH3 is 1. The lowest BCUT2D eigenvalue weighted by Gasteiger charge is -2.21. The van der Waals surface area contributed by atoms with Crippen LogP contribution in [-0.2, 0) is 18.0 Å². The predicted octanol–water partition coefficient (Wildman–Crippen LogP) is 6.31. The molecule has 0 amide bonds. The second-order valence-electron chi connectivity index (χ2n) is 8.08. The summed E-state index contributed by atoms with van der Waals surface area (Å²) in [5, 5.41) is 2.13. The molecule has 0 fully saturated rings. The van der Waals surface area contributed by atoms with E-state index in [1.54, 1.807) is 19.2 Å². The van der Waals surface area contributed by atoms with Gasteiger partial charge in [0, 0.05) is 38.6 Å². The Morgan fingerprint density at radius 1 is 1.03 bits per heavy atom. The first-order valence-corrected chi connectivity index (χ1v) is 11.3. The van der Waals surface area contributed by atoms with Crippen molar-refractivity contribution in [2.24, 2.45) is 0 Å². The first-order chi connectivity index (χ1) is 17.1. The Bertz CT molecular complexity index is 1630. The topological polar surface area (TPSA) is 80.3 Å². The summed E-state index contributed by atoms with van der Waals surface area (Å²) in [6.07, 6.45) is 0. The number of halogens is 1. The van der Waals surface area contributed by atoms with Gasteiger partial charge >= 0.3 is 5.63 Å². The van der Waals surface area contributed by atoms with Crippen LogP contribution < -0.4 is 19.8 Å². The van der Waals surface area contributed by atoms with Gasteiger partial charge in [-0.2, -0.15) is 0 Å². The molecule has 0 N–H and O–H groups in total. The van der Waals surface area contributed by atoms with Gasteiger partial charge in [-0.15, -0.1) is 0 Å². The first-order valence-electron chi connectivity index (χ1n) is 10.9. The van der Waals surface area contributed by atoms with Gasteiger partial charge in [0.25, 0.3) is 0 Å². The molecule has 1 aliphatic heterocycles. The first kappa shape index (κ1) is 21.6. The van der Waals surface area contributed by atoms with E-state index in [0.29, 0.717) is 51.0 Å². The molecule has 35 heavy (non-hydrogen) atoms. The molecule has 0 radical (unpaired) electrons. The molecule has 0 saturated heterocycles. The molecule has 0 saturated carbocycles. The van der Waals surface area contributed by atoms with E-state index >= 15 is 0 Å². The molecular weight excluding hydrogens is 472 g/mol. The highest BCUT2D eigenvalue weighted by Crippen LogP contribution is 2.37. The minimum absolute atomic E-state index is 0.183. The van der Waals surface area contributed by atoms with E-state index in [2.05, 4.69) is 0 Å². The third-order valence-corrected chi connectivity index (χ3v) is 6.07. The molecule has 1 aliphatic rings. The van der Waals surface area contributed by atoms with Crippen molar-refractivity contribution in [3.63, 3.8) is 0 Å². The summed E-state index contributed by atoms with van der Waals surface area (Å²) < 4.78 is 34.0. The molecule has 0 bridgehead atoms. The van der Waals surface area contributed by atoms with E-state index in [0.717, 1.165) is 22.3 Å². The van der Waals surface area contributed by atoms with Gasteiger partial charge in [0.15, 0.2) is 18.1 Å². The van der Waals surface area contributed by atoms with Crippen molar-refractivity contribution in [2.75, 3.05) is 13.9 Å². The SMILES string of the molecule is COc1cccc2cc(-c3cc(=O)oc4ccc(OCc5cc(Cl)cc6c5OCOC6)cc34)oc12. The number of para-hydroxylation sites is 1. The number of furan rings is 1. The van der Waals surface area contributed by atoms with Crippen molar-refractivity contribution in [1.82, 2.24) is 0 Å². The van der Waals surface area contributed by atoms with Crippen molar-refractivity contribution in [1.29, 1.82) is 0 Å². The molecule has 5 aromatic rings. The third-order valence-electron chi connectivity index (χ3n) is 5.85. The van der Waals surface area contributed by atoms with E-state index in [-0.39, 0.29) is 13.4 Å². The number of ether oxygens (including phenoxy) is 4. The molecule has 0 spiro atoms. The minimum Gasteiger partial charge on any atom is -0.493 e. The summed E-state index contributed by atoms with van der Waals surface area (Å²) in [4.78, 5) is 12.3. The summed E-state index contributed by atoms with van der Waals surface area (Å²) >= 11 is 6.27. The summed E-state index contributed by atoms with van der Waals surface area (Å²) in [7, 11) is 1.59. The van der Waals surface area contributed by atoms with Crippen molar-refractivity contribution in [2.45, 2.75) is 13.2 Å². The lowest BCUT2D eigenvalue weighted by Crippen LogP contribution is -2.14. The fraction of sp³-hybridized carbons (Fsp3) is 0.148. The maximum atomic E-state index is 12.3. The molecule has 0 atom stereocenters. The molecule has 3 aromatic carbocycles. The van der Waals surface area contributed by atoms with Crippen LogP contribution in [0.15, 0.2) is 74.3 Å². The van der Waals surface area contributed by atoms with Crippen molar-refractivity contribution < 1.29 is 27.8 Å². The van der Waals surface area contributed by atoms with Gasteiger partial charge in [0.1, 0.15) is 29.4 Å². The Hall–Kier alpha value is -3.94. The van der Waals surface area contributed by atoms with Gasteiger partial charge < -0.3 is 27.8 Å². The van der Waals surface area contributed by atoms with Crippen molar-refractivity contribution >= 4 is 33.5 Å². The fourth-order valence-electron chi connectivity index (χ4n) is 4.29. The molecule has 6 rings (SSSR count). The molecule has 7 nitrogen and oxygen atoms in total. The van der Waals surface area contributed by atoms with Crippen LogP contribution in [0.4, 0.5) is 0 Å². The second-order valence-corrected chi connectivity index (χ2v) is 8.52. The van der Waals surface area contributed by atoms with Crippen LogP contribution in [0.3, 0.4) is 0 Å². The average molecular weight is 491 g/mol. The largest absolute Gasteiger partial charge is 0.493 e. The van der Waals surface area contributed by atoms with E-state index < -0.39 is 5.63 Å². The zero-order valence-electron chi connectivity index (χ0n) is 18.6. The number of rotatable bonds is 5. The fourth-order valence-corrected chi connectivity index (χ4v) is 4.55. The van der Waals surface area contributed by atoms with E-state index in [1.165, 1.54) is 6.07 Å². The van der Waals surface area contributed by atoms with Gasteiger partial charge in [0.05, 0.1) is 13.7 Å². The molecule has 2 aromatic heterocycles. The Kier molecular flexibility index (Phi) is 5.36. The van der Waals surface area contributed by atoms with Crippen LogP contribution >= 0.6 is 11.6 Å². The second kappa shape index (κ2) is 8.69. The summed E-state index contributed by atoms with van der Waals surface area (Å²) in [5.74, 6) is 2.45. The smallest absolute Gasteiger partial charge is 0.336 e. The highest BCUT2D eigenvalue weighted by molar-refractivity contribution is 6.30. The molecule has 0 aliphatic carbocycles. The highest BCUT2D eigenvalue weighted by Gasteiger charge is 2.18. The normalized spacial score (nSPS) is 13.0. The van der Waals surface area contributed by atoms with Crippen LogP contribution in [0.2, 0.25) is 5.02 Å². The van der Waals surface area contributed by atoms with Crippen LogP contribution in [0.5, 0.6) is 17.2 Å². The number of benzene rings is 3. The number of hydrogen-bond acceptors (Lipinski definition) is 7. The van der Waals surface area contributed by atoms with Gasteiger partial charge in [-0.1, -0.05) is 23.7 Å². The van der Waals surface area contributed by atoms with E-state index in [1.807, 2.05) is 42.5 Å². The lowest BCUT2D eigenvalue weighted by molar-refractivity contribution is -0.0175. The van der Waals surface area contributed by atoms with E-state index in [4.69, 9.17) is 39.4 Å². The van der Waals surface area contributed by atoms with Gasteiger partial charge in [-0.05, 0) is 42.5 Å². The Morgan fingerprint density at radius 2 is 1.94 bits per heavy atom. The van der Waals surface area contributed by atoms with Crippen molar-refractivity contribution in [3.8, 4) is 28.6 Å². The van der Waals surface area contributed by atoms with Gasteiger partial charge in [-0.3, -0.25) is 0 Å². The molecule has 0 unspecified atom stereocenters. The summed E-state index contributed by atoms with van der Waals surface area (Å²) in [5.41, 5.74) is 2.85. The zero-order chi connectivity index (χ0) is 23.9. The highest BCUT2D eigenvalue weighted by atomic mass is 35.5.